The lowest BCUT2D eigenvalue weighted by atomic mass is 10.1. The van der Waals surface area contributed by atoms with Crippen molar-refractivity contribution in [2.45, 2.75) is 148 Å². The van der Waals surface area contributed by atoms with E-state index in [2.05, 4.69) is 97.4 Å². The van der Waals surface area contributed by atoms with E-state index in [0.29, 0.717) is 19.4 Å². The van der Waals surface area contributed by atoms with E-state index >= 15 is 0 Å². The molecule has 0 saturated heterocycles. The van der Waals surface area contributed by atoms with E-state index in [-0.39, 0.29) is 13.0 Å². The summed E-state index contributed by atoms with van der Waals surface area (Å²) in [6, 6.07) is -1.49. The SMILES string of the molecule is CC/C=C\C/C=C\C/C=C\C/C=C\C/C=C\CCCC(=O)OC(COCCCCCCCC/C=C\C/C=C\CCCC)COP(=O)(O)OCC(N)C(=O)O. The minimum atomic E-state index is -4.64. The number of carbonyl (C=O) groups is 2. The molecule has 0 bridgehead atoms. The van der Waals surface area contributed by atoms with Gasteiger partial charge >= 0.3 is 19.8 Å². The van der Waals surface area contributed by atoms with Gasteiger partial charge in [0, 0.05) is 13.0 Å². The van der Waals surface area contributed by atoms with Crippen molar-refractivity contribution in [2.75, 3.05) is 26.4 Å². The molecule has 0 rings (SSSR count). The summed E-state index contributed by atoms with van der Waals surface area (Å²) in [5.74, 6) is -1.85. The number of carboxylic acids is 1. The maximum Gasteiger partial charge on any atom is 0.472 e. The van der Waals surface area contributed by atoms with Gasteiger partial charge in [-0.05, 0) is 77.0 Å². The molecule has 0 saturated carbocycles. The normalized spacial score (nSPS) is 14.9. The summed E-state index contributed by atoms with van der Waals surface area (Å²) in [5.41, 5.74) is 5.34. The molecule has 11 heteroatoms. The Labute approximate surface area is 326 Å². The fourth-order valence-corrected chi connectivity index (χ4v) is 5.55. The number of carbonyl (C=O) groups excluding carboxylic acids is 1. The highest BCUT2D eigenvalue weighted by atomic mass is 31.2. The van der Waals surface area contributed by atoms with Crippen molar-refractivity contribution < 1.29 is 42.7 Å². The van der Waals surface area contributed by atoms with Crippen LogP contribution in [-0.4, -0.2) is 60.5 Å². The first-order valence-corrected chi connectivity index (χ1v) is 21.6. The molecule has 54 heavy (non-hydrogen) atoms. The van der Waals surface area contributed by atoms with Crippen molar-refractivity contribution in [3.8, 4) is 0 Å². The minimum Gasteiger partial charge on any atom is -0.480 e. The summed E-state index contributed by atoms with van der Waals surface area (Å²) in [6.45, 7) is 3.60. The van der Waals surface area contributed by atoms with Crippen LogP contribution in [0.5, 0.6) is 0 Å². The lowest BCUT2D eigenvalue weighted by Gasteiger charge is -2.20. The van der Waals surface area contributed by atoms with Crippen molar-refractivity contribution in [1.29, 1.82) is 0 Å². The highest BCUT2D eigenvalue weighted by Gasteiger charge is 2.27. The summed E-state index contributed by atoms with van der Waals surface area (Å²) in [7, 11) is -4.64. The fraction of sp³-hybridized carbons (Fsp3) is 0.628. The number of rotatable bonds is 37. The Balaban J connectivity index is 4.43. The van der Waals surface area contributed by atoms with Crippen LogP contribution in [0.4, 0.5) is 0 Å². The van der Waals surface area contributed by atoms with Crippen LogP contribution in [0, 0.1) is 0 Å². The fourth-order valence-electron chi connectivity index (χ4n) is 4.77. The lowest BCUT2D eigenvalue weighted by molar-refractivity contribution is -0.154. The number of aliphatic carboxylic acids is 1. The Kier molecular flexibility index (Phi) is 36.4. The third-order valence-electron chi connectivity index (χ3n) is 7.91. The predicted octanol–water partition coefficient (Wildman–Crippen LogP) is 10.8. The van der Waals surface area contributed by atoms with Crippen molar-refractivity contribution in [1.82, 2.24) is 0 Å². The van der Waals surface area contributed by atoms with E-state index in [1.165, 1.54) is 32.1 Å². The highest BCUT2D eigenvalue weighted by molar-refractivity contribution is 7.47. The Morgan fingerprint density at radius 2 is 1.07 bits per heavy atom. The van der Waals surface area contributed by atoms with E-state index < -0.39 is 45.1 Å². The molecular formula is C43H72NO9P. The van der Waals surface area contributed by atoms with E-state index in [1.807, 2.05) is 6.08 Å². The van der Waals surface area contributed by atoms with Crippen LogP contribution in [0.25, 0.3) is 0 Å². The number of phosphoric ester groups is 1. The Morgan fingerprint density at radius 1 is 0.611 bits per heavy atom. The van der Waals surface area contributed by atoms with Crippen LogP contribution in [-0.2, 0) is 32.7 Å². The molecule has 0 aliphatic carbocycles. The van der Waals surface area contributed by atoms with Gasteiger partial charge < -0.3 is 25.2 Å². The second-order valence-corrected chi connectivity index (χ2v) is 14.5. The number of carboxylic acid groups (broad SMARTS) is 1. The molecule has 3 atom stereocenters. The van der Waals surface area contributed by atoms with Crippen LogP contribution in [0.15, 0.2) is 85.1 Å². The van der Waals surface area contributed by atoms with Crippen LogP contribution >= 0.6 is 7.82 Å². The van der Waals surface area contributed by atoms with Crippen LogP contribution in [0.3, 0.4) is 0 Å². The standard InChI is InChI=1S/C43H72NO9P/c1-3-5-7-9-11-13-15-17-19-20-21-23-25-27-29-31-33-35-42(45)53-40(38-51-54(48,49)52-39-41(44)43(46)47)37-50-36-34-32-30-28-26-24-22-18-16-14-12-10-8-6-4-2/h5,7,10-13,16-19,21,23,27,29,40-41H,3-4,6,8-9,14-15,20,22,24-26,28,30-39,44H2,1-2H3,(H,46,47)(H,48,49)/b7-5-,12-10-,13-11-,18-16-,19-17-,23-21-,29-27-. The van der Waals surface area contributed by atoms with Gasteiger partial charge in [0.2, 0.25) is 0 Å². The number of nitrogens with two attached hydrogens (primary N) is 1. The summed E-state index contributed by atoms with van der Waals surface area (Å²) < 4.78 is 33.2. The van der Waals surface area contributed by atoms with Crippen LogP contribution in [0.2, 0.25) is 0 Å². The number of hydrogen-bond acceptors (Lipinski definition) is 8. The monoisotopic (exact) mass is 777 g/mol. The third-order valence-corrected chi connectivity index (χ3v) is 8.86. The quantitative estimate of drug-likeness (QED) is 0.0240. The Bertz CT molecular complexity index is 1180. The van der Waals surface area contributed by atoms with E-state index in [0.717, 1.165) is 70.6 Å². The smallest absolute Gasteiger partial charge is 0.472 e. The number of allylic oxidation sites excluding steroid dienone is 14. The first-order chi connectivity index (χ1) is 26.2. The van der Waals surface area contributed by atoms with Crippen molar-refractivity contribution in [2.24, 2.45) is 5.73 Å². The topological polar surface area (TPSA) is 155 Å². The molecule has 4 N–H and O–H groups in total. The maximum atomic E-state index is 12.6. The molecule has 0 aromatic rings. The number of phosphoric acid groups is 1. The Morgan fingerprint density at radius 3 is 1.61 bits per heavy atom. The van der Waals surface area contributed by atoms with Gasteiger partial charge in [-0.1, -0.05) is 137 Å². The first-order valence-electron chi connectivity index (χ1n) is 20.1. The van der Waals surface area contributed by atoms with Gasteiger partial charge in [0.15, 0.2) is 0 Å². The minimum absolute atomic E-state index is 0.0186. The van der Waals surface area contributed by atoms with Gasteiger partial charge in [-0.25, -0.2) is 4.57 Å². The van der Waals surface area contributed by atoms with Gasteiger partial charge in [0.05, 0.1) is 19.8 Å². The van der Waals surface area contributed by atoms with Crippen molar-refractivity contribution >= 4 is 19.8 Å². The average molecular weight is 778 g/mol. The molecule has 308 valence electrons. The predicted molar refractivity (Wildman–Crippen MR) is 221 cm³/mol. The number of esters is 1. The second-order valence-electron chi connectivity index (χ2n) is 13.0. The second kappa shape index (κ2) is 38.4. The van der Waals surface area contributed by atoms with E-state index in [4.69, 9.17) is 24.8 Å². The average Bonchev–Trinajstić information content (AvgIpc) is 3.15. The number of unbranched alkanes of at least 4 members (excludes halogenated alkanes) is 9. The van der Waals surface area contributed by atoms with Gasteiger partial charge in [0.25, 0.3) is 0 Å². The van der Waals surface area contributed by atoms with Crippen LogP contribution in [0.1, 0.15) is 136 Å². The molecule has 0 aromatic heterocycles. The lowest BCUT2D eigenvalue weighted by Crippen LogP contribution is -2.34. The molecule has 0 heterocycles. The van der Waals surface area contributed by atoms with Crippen LogP contribution < -0.4 is 5.73 Å². The van der Waals surface area contributed by atoms with Gasteiger partial charge in [-0.3, -0.25) is 18.6 Å². The summed E-state index contributed by atoms with van der Waals surface area (Å²) in [6.07, 6.45) is 47.8. The van der Waals surface area contributed by atoms with Gasteiger partial charge in [-0.15, -0.1) is 0 Å². The van der Waals surface area contributed by atoms with Crippen molar-refractivity contribution in [3.63, 3.8) is 0 Å². The molecule has 3 unspecified atom stereocenters. The third kappa shape index (κ3) is 37.5. The summed E-state index contributed by atoms with van der Waals surface area (Å²) in [5, 5.41) is 8.88. The molecule has 0 radical (unpaired) electrons. The Hall–Kier alpha value is -2.85. The molecule has 0 aromatic carbocycles. The number of ether oxygens (including phenoxy) is 2. The van der Waals surface area contributed by atoms with Crippen molar-refractivity contribution in [3.05, 3.63) is 85.1 Å². The first kappa shape index (κ1) is 51.1. The van der Waals surface area contributed by atoms with Gasteiger partial charge in [0.1, 0.15) is 12.1 Å². The van der Waals surface area contributed by atoms with E-state index in [9.17, 15) is 19.0 Å². The number of hydrogen-bond donors (Lipinski definition) is 3. The molecule has 0 amide bonds. The molecule has 10 nitrogen and oxygen atoms in total. The zero-order valence-electron chi connectivity index (χ0n) is 33.3. The largest absolute Gasteiger partial charge is 0.480 e. The molecule has 0 aliphatic heterocycles. The maximum absolute atomic E-state index is 12.6. The highest BCUT2D eigenvalue weighted by Crippen LogP contribution is 2.43. The summed E-state index contributed by atoms with van der Waals surface area (Å²) >= 11 is 0. The summed E-state index contributed by atoms with van der Waals surface area (Å²) in [4.78, 5) is 33.4. The molecule has 0 spiro atoms. The van der Waals surface area contributed by atoms with Gasteiger partial charge in [-0.2, -0.15) is 0 Å². The molecule has 0 aliphatic rings. The molecular weight excluding hydrogens is 705 g/mol. The van der Waals surface area contributed by atoms with E-state index in [1.54, 1.807) is 0 Å². The zero-order valence-corrected chi connectivity index (χ0v) is 34.2. The zero-order chi connectivity index (χ0) is 39.8. The molecule has 0 fully saturated rings.